The first-order valence-corrected chi connectivity index (χ1v) is 8.19. The predicted molar refractivity (Wildman–Crippen MR) is 109 cm³/mol. The lowest BCUT2D eigenvalue weighted by molar-refractivity contribution is 0.477. The molecule has 8 nitrogen and oxygen atoms in total. The van der Waals surface area contributed by atoms with E-state index in [1.54, 1.807) is 24.7 Å². The summed E-state index contributed by atoms with van der Waals surface area (Å²) in [4.78, 5) is 6.53. The Morgan fingerprint density at radius 2 is 2.04 bits per heavy atom. The minimum Gasteiger partial charge on any atom is -0.507 e. The molecule has 1 aromatic carbocycles. The maximum Gasteiger partial charge on any atom is 0.245 e. The van der Waals surface area contributed by atoms with E-state index in [1.807, 2.05) is 19.2 Å². The van der Waals surface area contributed by atoms with Crippen molar-refractivity contribution in [3.8, 4) is 28.1 Å². The second-order valence-electron chi connectivity index (χ2n) is 6.08. The van der Waals surface area contributed by atoms with Crippen LogP contribution in [0, 0.1) is 0 Å². The van der Waals surface area contributed by atoms with Gasteiger partial charge >= 0.3 is 0 Å². The fourth-order valence-electron chi connectivity index (χ4n) is 3.05. The summed E-state index contributed by atoms with van der Waals surface area (Å²) in [7, 11) is 1.96. The van der Waals surface area contributed by atoms with E-state index in [0.717, 1.165) is 30.6 Å². The molecule has 0 saturated carbocycles. The van der Waals surface area contributed by atoms with Crippen LogP contribution in [0.5, 0.6) is 5.75 Å². The molecule has 1 atom stereocenters. The number of hydrogen-bond acceptors (Lipinski definition) is 7. The Bertz CT molecular complexity index is 858. The lowest BCUT2D eigenvalue weighted by Crippen LogP contribution is -2.30. The minimum atomic E-state index is 0. The quantitative estimate of drug-likeness (QED) is 0.606. The van der Waals surface area contributed by atoms with E-state index in [9.17, 15) is 5.11 Å². The molecule has 0 radical (unpaired) electrons. The topological polar surface area (TPSA) is 103 Å². The Hall–Kier alpha value is -2.42. The Balaban J connectivity index is 0.00000131. The standard InChI is InChI=1S/C17H19N7O.2ClH/c1-18-13-4-5-24(10-13)17-19-9-15(22-23-17)14-3-2-11(6-16(14)25)12-7-20-21-8-12;;/h2-3,6-9,13,18,25H,4-5,10H2,1H3,(H,20,21);2*1H/t13-;;/m0../s1. The van der Waals surface area contributed by atoms with Gasteiger partial charge in [-0.05, 0) is 31.2 Å². The monoisotopic (exact) mass is 409 g/mol. The van der Waals surface area contributed by atoms with Gasteiger partial charge in [0.15, 0.2) is 0 Å². The molecule has 2 aromatic heterocycles. The van der Waals surface area contributed by atoms with Crippen molar-refractivity contribution in [3.05, 3.63) is 36.8 Å². The van der Waals surface area contributed by atoms with Gasteiger partial charge in [-0.1, -0.05) is 6.07 Å². The molecule has 3 N–H and O–H groups in total. The normalized spacial score (nSPS) is 15.9. The number of anilines is 1. The highest BCUT2D eigenvalue weighted by atomic mass is 35.5. The van der Waals surface area contributed by atoms with Crippen LogP contribution in [0.3, 0.4) is 0 Å². The Morgan fingerprint density at radius 3 is 2.63 bits per heavy atom. The lowest BCUT2D eigenvalue weighted by atomic mass is 10.0. The van der Waals surface area contributed by atoms with Gasteiger partial charge in [0.05, 0.1) is 12.4 Å². The molecule has 3 heterocycles. The summed E-state index contributed by atoms with van der Waals surface area (Å²) in [6, 6.07) is 5.87. The molecule has 3 aromatic rings. The van der Waals surface area contributed by atoms with Crippen molar-refractivity contribution in [2.75, 3.05) is 25.0 Å². The van der Waals surface area contributed by atoms with Gasteiger partial charge in [-0.15, -0.1) is 35.0 Å². The number of halogens is 2. The fraction of sp³-hybridized carbons (Fsp3) is 0.294. The van der Waals surface area contributed by atoms with Gasteiger partial charge in [-0.3, -0.25) is 5.10 Å². The Labute approximate surface area is 169 Å². The van der Waals surface area contributed by atoms with Crippen LogP contribution in [0.2, 0.25) is 0 Å². The number of phenolic OH excluding ortho intramolecular Hbond substituents is 1. The highest BCUT2D eigenvalue weighted by Gasteiger charge is 2.23. The summed E-state index contributed by atoms with van der Waals surface area (Å²) in [5, 5.41) is 28.8. The molecule has 0 aliphatic carbocycles. The van der Waals surface area contributed by atoms with Crippen molar-refractivity contribution >= 4 is 30.8 Å². The summed E-state index contributed by atoms with van der Waals surface area (Å²) in [5.74, 6) is 0.759. The maximum absolute atomic E-state index is 10.3. The molecule has 27 heavy (non-hydrogen) atoms. The number of phenols is 1. The zero-order valence-corrected chi connectivity index (χ0v) is 16.3. The predicted octanol–water partition coefficient (Wildman–Crippen LogP) is 2.28. The minimum absolute atomic E-state index is 0. The zero-order chi connectivity index (χ0) is 17.2. The van der Waals surface area contributed by atoms with Crippen LogP contribution in [-0.4, -0.2) is 56.7 Å². The number of H-pyrrole nitrogens is 1. The molecule has 0 bridgehead atoms. The van der Waals surface area contributed by atoms with Crippen LogP contribution in [0.1, 0.15) is 6.42 Å². The van der Waals surface area contributed by atoms with Crippen LogP contribution in [-0.2, 0) is 0 Å². The Morgan fingerprint density at radius 1 is 1.19 bits per heavy atom. The van der Waals surface area contributed by atoms with E-state index in [2.05, 4.69) is 35.6 Å². The van der Waals surface area contributed by atoms with Crippen molar-refractivity contribution in [1.29, 1.82) is 0 Å². The van der Waals surface area contributed by atoms with E-state index in [0.29, 0.717) is 23.2 Å². The SMILES string of the molecule is CN[C@H]1CCN(c2ncc(-c3ccc(-c4cn[nH]c4)cc3O)nn2)C1.Cl.Cl. The molecular formula is C17H21Cl2N7O. The van der Waals surface area contributed by atoms with Gasteiger partial charge in [-0.25, -0.2) is 4.98 Å². The van der Waals surface area contributed by atoms with Crippen LogP contribution in [0.4, 0.5) is 5.95 Å². The number of hydrogen-bond donors (Lipinski definition) is 3. The number of rotatable bonds is 4. The third-order valence-corrected chi connectivity index (χ3v) is 4.53. The van der Waals surface area contributed by atoms with Crippen LogP contribution < -0.4 is 10.2 Å². The maximum atomic E-state index is 10.3. The summed E-state index contributed by atoms with van der Waals surface area (Å²) in [6.45, 7) is 1.79. The second kappa shape index (κ2) is 8.98. The summed E-state index contributed by atoms with van der Waals surface area (Å²) >= 11 is 0. The van der Waals surface area contributed by atoms with Crippen molar-refractivity contribution in [2.24, 2.45) is 0 Å². The number of likely N-dealkylation sites (N-methyl/N-ethyl adjacent to an activating group) is 1. The van der Waals surface area contributed by atoms with Gasteiger partial charge in [0.25, 0.3) is 0 Å². The molecule has 4 rings (SSSR count). The first-order chi connectivity index (χ1) is 12.2. The fourth-order valence-corrected chi connectivity index (χ4v) is 3.05. The molecule has 0 amide bonds. The highest BCUT2D eigenvalue weighted by molar-refractivity contribution is 5.85. The van der Waals surface area contributed by atoms with E-state index in [4.69, 9.17) is 0 Å². The van der Waals surface area contributed by atoms with Gasteiger partial charge in [0.2, 0.25) is 5.95 Å². The summed E-state index contributed by atoms with van der Waals surface area (Å²) < 4.78 is 0. The van der Waals surface area contributed by atoms with Gasteiger partial charge < -0.3 is 15.3 Å². The van der Waals surface area contributed by atoms with Crippen molar-refractivity contribution in [1.82, 2.24) is 30.7 Å². The van der Waals surface area contributed by atoms with Crippen LogP contribution >= 0.6 is 24.8 Å². The van der Waals surface area contributed by atoms with Crippen LogP contribution in [0.25, 0.3) is 22.4 Å². The van der Waals surface area contributed by atoms with E-state index in [1.165, 1.54) is 0 Å². The molecule has 0 unspecified atom stereocenters. The largest absolute Gasteiger partial charge is 0.507 e. The number of aromatic hydroxyl groups is 1. The molecular weight excluding hydrogens is 389 g/mol. The summed E-state index contributed by atoms with van der Waals surface area (Å²) in [6.07, 6.45) is 6.21. The number of nitrogens with zero attached hydrogens (tertiary/aromatic N) is 5. The average molecular weight is 410 g/mol. The number of nitrogens with one attached hydrogen (secondary N) is 2. The van der Waals surface area contributed by atoms with E-state index < -0.39 is 0 Å². The third-order valence-electron chi connectivity index (χ3n) is 4.53. The van der Waals surface area contributed by atoms with Gasteiger partial charge in [0, 0.05) is 36.5 Å². The molecule has 1 saturated heterocycles. The van der Waals surface area contributed by atoms with Gasteiger partial charge in [-0.2, -0.15) is 5.10 Å². The number of aromatic nitrogens is 5. The molecule has 1 fully saturated rings. The average Bonchev–Trinajstić information content (AvgIpc) is 3.34. The summed E-state index contributed by atoms with van der Waals surface area (Å²) in [5.41, 5.74) is 2.94. The van der Waals surface area contributed by atoms with E-state index in [-0.39, 0.29) is 30.6 Å². The zero-order valence-electron chi connectivity index (χ0n) is 14.7. The smallest absolute Gasteiger partial charge is 0.245 e. The first kappa shape index (κ1) is 20.9. The van der Waals surface area contributed by atoms with Crippen LogP contribution in [0.15, 0.2) is 36.8 Å². The molecule has 1 aliphatic heterocycles. The Kier molecular flexibility index (Phi) is 6.95. The highest BCUT2D eigenvalue weighted by Crippen LogP contribution is 2.32. The second-order valence-corrected chi connectivity index (χ2v) is 6.08. The van der Waals surface area contributed by atoms with Gasteiger partial charge in [0.1, 0.15) is 11.4 Å². The van der Waals surface area contributed by atoms with E-state index >= 15 is 0 Å². The lowest BCUT2D eigenvalue weighted by Gasteiger charge is -2.15. The molecule has 1 aliphatic rings. The van der Waals surface area contributed by atoms with Crippen molar-refractivity contribution in [2.45, 2.75) is 12.5 Å². The van der Waals surface area contributed by atoms with Crippen molar-refractivity contribution in [3.63, 3.8) is 0 Å². The number of benzene rings is 1. The molecule has 10 heteroatoms. The molecule has 0 spiro atoms. The first-order valence-electron chi connectivity index (χ1n) is 8.19. The van der Waals surface area contributed by atoms with Crippen molar-refractivity contribution < 1.29 is 5.11 Å². The third kappa shape index (κ3) is 4.29. The number of aromatic amines is 1. The molecule has 144 valence electrons.